The molecule has 30 heavy (non-hydrogen) atoms. The summed E-state index contributed by atoms with van der Waals surface area (Å²) in [6.07, 6.45) is 9.94. The van der Waals surface area contributed by atoms with Gasteiger partial charge >= 0.3 is 0 Å². The maximum Gasteiger partial charge on any atom is 0.259 e. The molecule has 2 aliphatic carbocycles. The lowest BCUT2D eigenvalue weighted by Crippen LogP contribution is -2.38. The van der Waals surface area contributed by atoms with Crippen LogP contribution in [0.25, 0.3) is 0 Å². The number of hydrogen-bond acceptors (Lipinski definition) is 6. The van der Waals surface area contributed by atoms with Crippen LogP contribution in [0, 0.1) is 0 Å². The monoisotopic (exact) mass is 446 g/mol. The Kier molecular flexibility index (Phi) is 10.4. The van der Waals surface area contributed by atoms with E-state index in [4.69, 9.17) is 0 Å². The molecule has 0 fully saturated rings. The summed E-state index contributed by atoms with van der Waals surface area (Å²) in [6.45, 7) is 0.794. The van der Waals surface area contributed by atoms with Gasteiger partial charge in [-0.05, 0) is 24.3 Å². The Morgan fingerprint density at radius 1 is 0.700 bits per heavy atom. The summed E-state index contributed by atoms with van der Waals surface area (Å²) in [5.41, 5.74) is 6.35. The van der Waals surface area contributed by atoms with Crippen LogP contribution in [-0.2, 0) is 19.2 Å². The second kappa shape index (κ2) is 13.3. The van der Waals surface area contributed by atoms with Crippen molar-refractivity contribution in [1.29, 1.82) is 0 Å². The van der Waals surface area contributed by atoms with Crippen molar-refractivity contribution in [3.63, 3.8) is 0 Å². The fourth-order valence-corrected chi connectivity index (χ4v) is 3.98. The van der Waals surface area contributed by atoms with Gasteiger partial charge in [-0.2, -0.15) is 0 Å². The molecular weight excluding hydrogens is 424 g/mol. The van der Waals surface area contributed by atoms with Crippen molar-refractivity contribution < 1.29 is 19.2 Å². The summed E-state index contributed by atoms with van der Waals surface area (Å²) in [6, 6.07) is 0. The molecule has 0 atom stereocenters. The molecule has 0 saturated heterocycles. The van der Waals surface area contributed by atoms with Crippen LogP contribution in [-0.4, -0.2) is 61.3 Å². The molecular formula is C20H22N4O4S2. The standard InChI is InChI=1S/C20H22N4O4S2/c25-17(13-23-19(27)15-5-1-2-6-15)21-9-11-29-30-12-10-22-18(26)14-24-20(28)16-7-3-4-8-16/h1-5,7H,9-14H2,(H,21,25)(H,22,26)(H,23,27)(H,24,28). The lowest BCUT2D eigenvalue weighted by Gasteiger charge is -2.07. The Labute approximate surface area is 182 Å². The summed E-state index contributed by atoms with van der Waals surface area (Å²) in [4.78, 5) is 46.7. The Morgan fingerprint density at radius 3 is 1.50 bits per heavy atom. The van der Waals surface area contributed by atoms with E-state index in [0.717, 1.165) is 0 Å². The quantitative estimate of drug-likeness (QED) is 0.182. The second-order valence-corrected chi connectivity index (χ2v) is 8.58. The number of amides is 4. The van der Waals surface area contributed by atoms with E-state index in [1.54, 1.807) is 58.0 Å². The van der Waals surface area contributed by atoms with Crippen LogP contribution in [0.3, 0.4) is 0 Å². The highest BCUT2D eigenvalue weighted by molar-refractivity contribution is 8.76. The van der Waals surface area contributed by atoms with Crippen molar-refractivity contribution in [2.45, 2.75) is 0 Å². The first-order valence-electron chi connectivity index (χ1n) is 9.17. The van der Waals surface area contributed by atoms with E-state index >= 15 is 0 Å². The number of rotatable bonds is 13. The topological polar surface area (TPSA) is 116 Å². The van der Waals surface area contributed by atoms with Gasteiger partial charge in [0.2, 0.25) is 11.8 Å². The highest BCUT2D eigenvalue weighted by Crippen LogP contribution is 2.19. The average molecular weight is 447 g/mol. The van der Waals surface area contributed by atoms with Crippen molar-refractivity contribution in [2.24, 2.45) is 0 Å². The molecule has 0 heterocycles. The molecule has 10 heteroatoms. The summed E-state index contributed by atoms with van der Waals surface area (Å²) in [7, 11) is 3.14. The summed E-state index contributed by atoms with van der Waals surface area (Å²) in [5, 5.41) is 10.5. The van der Waals surface area contributed by atoms with Crippen molar-refractivity contribution in [3.8, 4) is 0 Å². The fraction of sp³-hybridized carbons (Fsp3) is 0.300. The van der Waals surface area contributed by atoms with E-state index < -0.39 is 0 Å². The largest absolute Gasteiger partial charge is 0.354 e. The Morgan fingerprint density at radius 2 is 1.13 bits per heavy atom. The van der Waals surface area contributed by atoms with E-state index in [1.807, 2.05) is 0 Å². The number of hydrogen-bond donors (Lipinski definition) is 4. The molecule has 158 valence electrons. The van der Waals surface area contributed by atoms with E-state index in [0.29, 0.717) is 35.7 Å². The van der Waals surface area contributed by atoms with Crippen LogP contribution in [0.2, 0.25) is 0 Å². The van der Waals surface area contributed by atoms with Crippen LogP contribution in [0.5, 0.6) is 0 Å². The summed E-state index contributed by atoms with van der Waals surface area (Å²) < 4.78 is 0. The van der Waals surface area contributed by atoms with Crippen LogP contribution in [0.1, 0.15) is 0 Å². The third kappa shape index (κ3) is 9.07. The SMILES string of the molecule is O=C(CNC(=O)C1=C=CC=C1)NCCSSCCNC(=O)CNC(=O)C1=C=CC=C1. The van der Waals surface area contributed by atoms with E-state index in [9.17, 15) is 19.2 Å². The normalized spacial score (nSPS) is 13.1. The summed E-state index contributed by atoms with van der Waals surface area (Å²) in [5.74, 6) is 0.225. The minimum Gasteiger partial charge on any atom is -0.354 e. The van der Waals surface area contributed by atoms with E-state index in [-0.39, 0.29) is 36.7 Å². The highest BCUT2D eigenvalue weighted by atomic mass is 33.1. The second-order valence-electron chi connectivity index (χ2n) is 5.88. The lowest BCUT2D eigenvalue weighted by atomic mass is 10.3. The zero-order chi connectivity index (χ0) is 21.6. The zero-order valence-corrected chi connectivity index (χ0v) is 17.8. The van der Waals surface area contributed by atoms with Gasteiger partial charge in [-0.1, -0.05) is 33.7 Å². The van der Waals surface area contributed by atoms with Crippen molar-refractivity contribution >= 4 is 45.2 Å². The van der Waals surface area contributed by atoms with Crippen LogP contribution >= 0.6 is 21.6 Å². The maximum absolute atomic E-state index is 11.7. The first kappa shape index (κ1) is 23.4. The van der Waals surface area contributed by atoms with Gasteiger partial charge in [0.1, 0.15) is 0 Å². The summed E-state index contributed by atoms with van der Waals surface area (Å²) >= 11 is 0. The van der Waals surface area contributed by atoms with Crippen molar-refractivity contribution in [1.82, 2.24) is 21.3 Å². The smallest absolute Gasteiger partial charge is 0.259 e. The predicted molar refractivity (Wildman–Crippen MR) is 118 cm³/mol. The Hall–Kier alpha value is -2.90. The average Bonchev–Trinajstić information content (AvgIpc) is 3.46. The molecule has 8 nitrogen and oxygen atoms in total. The molecule has 4 amide bonds. The number of carbonyl (C=O) groups is 4. The van der Waals surface area contributed by atoms with Gasteiger partial charge in [0.25, 0.3) is 11.8 Å². The molecule has 0 unspecified atom stereocenters. The van der Waals surface area contributed by atoms with Gasteiger partial charge in [-0.3, -0.25) is 19.2 Å². The molecule has 0 spiro atoms. The van der Waals surface area contributed by atoms with Crippen LogP contribution < -0.4 is 21.3 Å². The Bertz CT molecular complexity index is 807. The van der Waals surface area contributed by atoms with Gasteiger partial charge in [-0.25, -0.2) is 0 Å². The predicted octanol–water partition coefficient (Wildman–Crippen LogP) is 0.135. The molecule has 0 radical (unpaired) electrons. The third-order valence-electron chi connectivity index (χ3n) is 3.60. The van der Waals surface area contributed by atoms with Gasteiger partial charge in [0, 0.05) is 24.6 Å². The maximum atomic E-state index is 11.7. The number of allylic oxidation sites excluding steroid dienone is 2. The number of carbonyl (C=O) groups excluding carboxylic acids is 4. The van der Waals surface area contributed by atoms with Gasteiger partial charge in [-0.15, -0.1) is 11.5 Å². The van der Waals surface area contributed by atoms with Crippen LogP contribution in [0.4, 0.5) is 0 Å². The molecule has 0 aliphatic heterocycles. The van der Waals surface area contributed by atoms with Gasteiger partial charge in [0.05, 0.1) is 24.2 Å². The Balaban J connectivity index is 1.39. The number of nitrogens with one attached hydrogen (secondary N) is 4. The zero-order valence-electron chi connectivity index (χ0n) is 16.2. The third-order valence-corrected chi connectivity index (χ3v) is 6.01. The molecule has 0 aromatic carbocycles. The molecule has 2 aliphatic rings. The first-order chi connectivity index (χ1) is 14.6. The van der Waals surface area contributed by atoms with Crippen LogP contribution in [0.15, 0.2) is 59.1 Å². The minimum absolute atomic E-state index is 0.0813. The molecule has 0 aromatic rings. The van der Waals surface area contributed by atoms with Gasteiger partial charge < -0.3 is 21.3 Å². The van der Waals surface area contributed by atoms with Crippen molar-refractivity contribution in [2.75, 3.05) is 37.7 Å². The fourth-order valence-electron chi connectivity index (χ4n) is 2.16. The molecule has 4 N–H and O–H groups in total. The molecule has 2 rings (SSSR count). The highest BCUT2D eigenvalue weighted by Gasteiger charge is 2.10. The first-order valence-corrected chi connectivity index (χ1v) is 11.7. The molecule has 0 saturated carbocycles. The molecule has 0 aromatic heterocycles. The lowest BCUT2D eigenvalue weighted by molar-refractivity contribution is -0.124. The van der Waals surface area contributed by atoms with Gasteiger partial charge in [0.15, 0.2) is 0 Å². The van der Waals surface area contributed by atoms with Crippen molar-refractivity contribution in [3.05, 3.63) is 59.1 Å². The molecule has 0 bridgehead atoms. The minimum atomic E-state index is -0.328. The van der Waals surface area contributed by atoms with E-state index in [1.165, 1.54) is 0 Å². The van der Waals surface area contributed by atoms with E-state index in [2.05, 4.69) is 32.7 Å².